The van der Waals surface area contributed by atoms with Crippen molar-refractivity contribution in [2.45, 2.75) is 18.9 Å². The van der Waals surface area contributed by atoms with Crippen LogP contribution in [0.5, 0.6) is 0 Å². The summed E-state index contributed by atoms with van der Waals surface area (Å²) in [6.07, 6.45) is 5.44. The van der Waals surface area contributed by atoms with Crippen molar-refractivity contribution >= 4 is 17.4 Å². The quantitative estimate of drug-likeness (QED) is 0.811. The summed E-state index contributed by atoms with van der Waals surface area (Å²) in [4.78, 5) is 21.1. The van der Waals surface area contributed by atoms with E-state index in [9.17, 15) is 4.79 Å². The van der Waals surface area contributed by atoms with Gasteiger partial charge in [0.15, 0.2) is 11.8 Å². The molecule has 7 nitrogen and oxygen atoms in total. The fourth-order valence-electron chi connectivity index (χ4n) is 3.13. The van der Waals surface area contributed by atoms with Gasteiger partial charge in [-0.2, -0.15) is 5.10 Å². The molecule has 0 aliphatic carbocycles. The number of nitrogens with zero attached hydrogens (tertiary/aromatic N) is 5. The lowest BCUT2D eigenvalue weighted by Gasteiger charge is -2.34. The highest BCUT2D eigenvalue weighted by molar-refractivity contribution is 5.82. The highest BCUT2D eigenvalue weighted by atomic mass is 16.5. The summed E-state index contributed by atoms with van der Waals surface area (Å²) in [5, 5.41) is 4.15. The van der Waals surface area contributed by atoms with Crippen LogP contribution in [0, 0.1) is 0 Å². The molecule has 7 heteroatoms. The zero-order valence-electron chi connectivity index (χ0n) is 12.4. The SMILES string of the molecule is O=C(C1CN(c2ccn3nccc3n2)CCO1)N1CCCC1. The molecule has 4 heterocycles. The molecule has 0 saturated carbocycles. The monoisotopic (exact) mass is 301 g/mol. The number of ether oxygens (including phenoxy) is 1. The van der Waals surface area contributed by atoms with Gasteiger partial charge in [0.05, 0.1) is 19.3 Å². The first-order valence-corrected chi connectivity index (χ1v) is 7.77. The molecule has 1 unspecified atom stereocenters. The van der Waals surface area contributed by atoms with Crippen molar-refractivity contribution in [1.82, 2.24) is 19.5 Å². The van der Waals surface area contributed by atoms with E-state index in [1.807, 2.05) is 23.2 Å². The maximum atomic E-state index is 12.5. The summed E-state index contributed by atoms with van der Waals surface area (Å²) in [5.41, 5.74) is 0.811. The van der Waals surface area contributed by atoms with Gasteiger partial charge in [0, 0.05) is 31.9 Å². The molecular weight excluding hydrogens is 282 g/mol. The number of hydrogen-bond acceptors (Lipinski definition) is 5. The Bertz CT molecular complexity index is 679. The number of hydrogen-bond donors (Lipinski definition) is 0. The highest BCUT2D eigenvalue weighted by Crippen LogP contribution is 2.18. The number of rotatable bonds is 2. The molecule has 2 fully saturated rings. The van der Waals surface area contributed by atoms with Gasteiger partial charge in [0.25, 0.3) is 5.91 Å². The Morgan fingerprint density at radius 1 is 1.23 bits per heavy atom. The summed E-state index contributed by atoms with van der Waals surface area (Å²) in [5.74, 6) is 0.989. The standard InChI is InChI=1S/C15H19N5O2/c21-15(18-6-1-2-7-18)12-11-19(9-10-22-12)13-4-8-20-14(17-13)3-5-16-20/h3-5,8,12H,1-2,6-7,9-11H2. The van der Waals surface area contributed by atoms with Gasteiger partial charge in [-0.25, -0.2) is 9.50 Å². The van der Waals surface area contributed by atoms with E-state index < -0.39 is 0 Å². The molecule has 4 rings (SSSR count). The number of likely N-dealkylation sites (tertiary alicyclic amines) is 1. The maximum absolute atomic E-state index is 12.5. The Kier molecular flexibility index (Phi) is 3.42. The number of carbonyl (C=O) groups is 1. The molecule has 2 aromatic rings. The summed E-state index contributed by atoms with van der Waals surface area (Å²) < 4.78 is 7.43. The third-order valence-electron chi connectivity index (χ3n) is 4.33. The Morgan fingerprint density at radius 2 is 2.09 bits per heavy atom. The van der Waals surface area contributed by atoms with Crippen LogP contribution in [0.2, 0.25) is 0 Å². The van der Waals surface area contributed by atoms with Crippen LogP contribution in [0.3, 0.4) is 0 Å². The third-order valence-corrected chi connectivity index (χ3v) is 4.33. The van der Waals surface area contributed by atoms with Gasteiger partial charge in [0.2, 0.25) is 0 Å². The fraction of sp³-hybridized carbons (Fsp3) is 0.533. The summed E-state index contributed by atoms with van der Waals surface area (Å²) in [7, 11) is 0. The molecular formula is C15H19N5O2. The zero-order valence-corrected chi connectivity index (χ0v) is 12.4. The summed E-state index contributed by atoms with van der Waals surface area (Å²) in [6, 6.07) is 3.81. The van der Waals surface area contributed by atoms with Crippen molar-refractivity contribution in [2.75, 3.05) is 37.7 Å². The van der Waals surface area contributed by atoms with Crippen molar-refractivity contribution in [1.29, 1.82) is 0 Å². The largest absolute Gasteiger partial charge is 0.365 e. The first kappa shape index (κ1) is 13.5. The molecule has 0 spiro atoms. The lowest BCUT2D eigenvalue weighted by molar-refractivity contribution is -0.143. The van der Waals surface area contributed by atoms with E-state index in [2.05, 4.69) is 15.0 Å². The number of carbonyl (C=O) groups excluding carboxylic acids is 1. The van der Waals surface area contributed by atoms with E-state index in [4.69, 9.17) is 4.74 Å². The van der Waals surface area contributed by atoms with Crippen molar-refractivity contribution in [3.8, 4) is 0 Å². The van der Waals surface area contributed by atoms with Crippen molar-refractivity contribution < 1.29 is 9.53 Å². The second-order valence-electron chi connectivity index (χ2n) is 5.76. The average Bonchev–Trinajstić information content (AvgIpc) is 3.25. The molecule has 0 bridgehead atoms. The minimum atomic E-state index is -0.380. The molecule has 116 valence electrons. The second kappa shape index (κ2) is 5.57. The zero-order chi connectivity index (χ0) is 14.9. The summed E-state index contributed by atoms with van der Waals surface area (Å²) >= 11 is 0. The van der Waals surface area contributed by atoms with Crippen LogP contribution in [-0.4, -0.2) is 64.3 Å². The molecule has 0 N–H and O–H groups in total. The molecule has 2 aliphatic rings. The van der Waals surface area contributed by atoms with Crippen LogP contribution in [0.4, 0.5) is 5.82 Å². The van der Waals surface area contributed by atoms with Gasteiger partial charge >= 0.3 is 0 Å². The van der Waals surface area contributed by atoms with Crippen LogP contribution < -0.4 is 4.90 Å². The first-order valence-electron chi connectivity index (χ1n) is 7.77. The summed E-state index contributed by atoms with van der Waals surface area (Å²) in [6.45, 7) is 3.58. The van der Waals surface area contributed by atoms with Crippen LogP contribution >= 0.6 is 0 Å². The molecule has 1 atom stereocenters. The molecule has 1 amide bonds. The topological polar surface area (TPSA) is 63.0 Å². The molecule has 2 saturated heterocycles. The predicted octanol–water partition coefficient (Wildman–Crippen LogP) is 0.557. The lowest BCUT2D eigenvalue weighted by Crippen LogP contribution is -2.50. The van der Waals surface area contributed by atoms with Gasteiger partial charge < -0.3 is 14.5 Å². The van der Waals surface area contributed by atoms with Crippen LogP contribution in [0.15, 0.2) is 24.5 Å². The van der Waals surface area contributed by atoms with E-state index in [1.165, 1.54) is 0 Å². The number of morpholine rings is 1. The number of anilines is 1. The second-order valence-corrected chi connectivity index (χ2v) is 5.76. The predicted molar refractivity (Wildman–Crippen MR) is 80.8 cm³/mol. The van der Waals surface area contributed by atoms with Crippen molar-refractivity contribution in [2.24, 2.45) is 0 Å². The van der Waals surface area contributed by atoms with Crippen LogP contribution in [0.1, 0.15) is 12.8 Å². The smallest absolute Gasteiger partial charge is 0.253 e. The maximum Gasteiger partial charge on any atom is 0.253 e. The van der Waals surface area contributed by atoms with E-state index in [0.717, 1.165) is 43.9 Å². The number of aromatic nitrogens is 3. The van der Waals surface area contributed by atoms with E-state index >= 15 is 0 Å². The fourth-order valence-corrected chi connectivity index (χ4v) is 3.13. The van der Waals surface area contributed by atoms with Gasteiger partial charge in [0.1, 0.15) is 5.82 Å². The Hall–Kier alpha value is -2.15. The normalized spacial score (nSPS) is 22.5. The van der Waals surface area contributed by atoms with Gasteiger partial charge in [-0.05, 0) is 18.9 Å². The van der Waals surface area contributed by atoms with Crippen LogP contribution in [-0.2, 0) is 9.53 Å². The molecule has 0 radical (unpaired) electrons. The molecule has 2 aromatic heterocycles. The minimum Gasteiger partial charge on any atom is -0.365 e. The minimum absolute atomic E-state index is 0.118. The molecule has 22 heavy (non-hydrogen) atoms. The van der Waals surface area contributed by atoms with Crippen molar-refractivity contribution in [3.05, 3.63) is 24.5 Å². The average molecular weight is 301 g/mol. The van der Waals surface area contributed by atoms with Crippen LogP contribution in [0.25, 0.3) is 5.65 Å². The number of amides is 1. The Labute approximate surface area is 128 Å². The van der Waals surface area contributed by atoms with E-state index in [0.29, 0.717) is 13.2 Å². The Morgan fingerprint density at radius 3 is 2.95 bits per heavy atom. The molecule has 2 aliphatic heterocycles. The van der Waals surface area contributed by atoms with Crippen molar-refractivity contribution in [3.63, 3.8) is 0 Å². The lowest BCUT2D eigenvalue weighted by atomic mass is 10.2. The van der Waals surface area contributed by atoms with Gasteiger partial charge in [-0.1, -0.05) is 0 Å². The number of fused-ring (bicyclic) bond motifs is 1. The Balaban J connectivity index is 1.51. The van der Waals surface area contributed by atoms with E-state index in [-0.39, 0.29) is 12.0 Å². The third kappa shape index (κ3) is 2.41. The van der Waals surface area contributed by atoms with E-state index in [1.54, 1.807) is 10.7 Å². The molecule has 0 aromatic carbocycles. The van der Waals surface area contributed by atoms with Gasteiger partial charge in [-0.15, -0.1) is 0 Å². The van der Waals surface area contributed by atoms with Gasteiger partial charge in [-0.3, -0.25) is 4.79 Å². The highest BCUT2D eigenvalue weighted by Gasteiger charge is 2.31. The first-order chi connectivity index (χ1) is 10.8.